The standard InChI is InChI=1S/C7H15N2O/c1-3-4-5-7(10)9-6(2)8/h6H,3-5,8H2,1-2H3. The van der Waals surface area contributed by atoms with Gasteiger partial charge in [0, 0.05) is 6.42 Å². The van der Waals surface area contributed by atoms with Gasteiger partial charge in [0.1, 0.15) is 0 Å². The first-order chi connectivity index (χ1) is 4.66. The molecule has 0 aromatic carbocycles. The molecule has 0 rings (SSSR count). The van der Waals surface area contributed by atoms with E-state index in [1.165, 1.54) is 0 Å². The number of rotatable bonds is 4. The molecule has 59 valence electrons. The lowest BCUT2D eigenvalue weighted by Gasteiger charge is -2.02. The Morgan fingerprint density at radius 2 is 2.30 bits per heavy atom. The molecule has 1 unspecified atom stereocenters. The molecule has 0 aliphatic heterocycles. The smallest absolute Gasteiger partial charge is 0.242 e. The Bertz CT molecular complexity index is 102. The lowest BCUT2D eigenvalue weighted by Crippen LogP contribution is -2.32. The number of carbonyl (C=O) groups is 1. The Balaban J connectivity index is 3.26. The molecule has 0 aliphatic carbocycles. The van der Waals surface area contributed by atoms with Crippen molar-refractivity contribution in [2.45, 2.75) is 39.3 Å². The summed E-state index contributed by atoms with van der Waals surface area (Å²) in [6.07, 6.45) is 2.14. The number of carbonyl (C=O) groups excluding carboxylic acids is 1. The molecular weight excluding hydrogens is 128 g/mol. The van der Waals surface area contributed by atoms with E-state index in [-0.39, 0.29) is 12.1 Å². The molecule has 1 atom stereocenters. The Hall–Kier alpha value is -0.570. The second kappa shape index (κ2) is 5.23. The quantitative estimate of drug-likeness (QED) is 0.627. The van der Waals surface area contributed by atoms with Crippen LogP contribution in [-0.4, -0.2) is 12.1 Å². The highest BCUT2D eigenvalue weighted by atomic mass is 16.1. The van der Waals surface area contributed by atoms with Crippen LogP contribution in [0.15, 0.2) is 0 Å². The highest BCUT2D eigenvalue weighted by Gasteiger charge is 2.03. The van der Waals surface area contributed by atoms with Crippen LogP contribution in [0.2, 0.25) is 0 Å². The Morgan fingerprint density at radius 3 is 2.70 bits per heavy atom. The van der Waals surface area contributed by atoms with Crippen LogP contribution in [0.25, 0.3) is 0 Å². The molecule has 3 heteroatoms. The second-order valence-corrected chi connectivity index (χ2v) is 2.37. The van der Waals surface area contributed by atoms with Crippen LogP contribution in [0.5, 0.6) is 0 Å². The lowest BCUT2D eigenvalue weighted by molar-refractivity contribution is -0.122. The van der Waals surface area contributed by atoms with E-state index in [1.54, 1.807) is 6.92 Å². The monoisotopic (exact) mass is 143 g/mol. The van der Waals surface area contributed by atoms with E-state index in [2.05, 4.69) is 5.32 Å². The van der Waals surface area contributed by atoms with Gasteiger partial charge in [0.2, 0.25) is 5.91 Å². The van der Waals surface area contributed by atoms with Gasteiger partial charge < -0.3 is 5.73 Å². The summed E-state index contributed by atoms with van der Waals surface area (Å²) in [4.78, 5) is 10.8. The van der Waals surface area contributed by atoms with Gasteiger partial charge in [-0.15, -0.1) is 0 Å². The van der Waals surface area contributed by atoms with E-state index >= 15 is 0 Å². The zero-order valence-corrected chi connectivity index (χ0v) is 6.63. The predicted octanol–water partition coefficient (Wildman–Crippen LogP) is 0.612. The van der Waals surface area contributed by atoms with Gasteiger partial charge in [-0.2, -0.15) is 0 Å². The summed E-state index contributed by atoms with van der Waals surface area (Å²) in [6, 6.07) is 0. The maximum Gasteiger partial charge on any atom is 0.242 e. The van der Waals surface area contributed by atoms with Crippen LogP contribution >= 0.6 is 0 Å². The van der Waals surface area contributed by atoms with Crippen LogP contribution in [0.4, 0.5) is 0 Å². The minimum Gasteiger partial charge on any atom is -0.310 e. The molecule has 0 aromatic rings. The molecule has 0 saturated carbocycles. The maximum atomic E-state index is 10.8. The van der Waals surface area contributed by atoms with Gasteiger partial charge in [-0.05, 0) is 13.3 Å². The van der Waals surface area contributed by atoms with Crippen LogP contribution in [0, 0.1) is 0 Å². The van der Waals surface area contributed by atoms with Crippen molar-refractivity contribution in [1.29, 1.82) is 0 Å². The van der Waals surface area contributed by atoms with Crippen molar-refractivity contribution in [3.05, 3.63) is 0 Å². The summed E-state index contributed by atoms with van der Waals surface area (Å²) in [5.41, 5.74) is 5.28. The molecule has 0 aliphatic rings. The summed E-state index contributed by atoms with van der Waals surface area (Å²) >= 11 is 0. The molecule has 1 radical (unpaired) electrons. The van der Waals surface area contributed by atoms with Crippen molar-refractivity contribution in [2.75, 3.05) is 0 Å². The zero-order valence-electron chi connectivity index (χ0n) is 6.63. The van der Waals surface area contributed by atoms with Crippen molar-refractivity contribution < 1.29 is 4.79 Å². The number of nitrogens with two attached hydrogens (primary N) is 1. The van der Waals surface area contributed by atoms with Crippen molar-refractivity contribution >= 4 is 5.91 Å². The van der Waals surface area contributed by atoms with Gasteiger partial charge in [-0.1, -0.05) is 13.3 Å². The van der Waals surface area contributed by atoms with E-state index < -0.39 is 0 Å². The van der Waals surface area contributed by atoms with Crippen molar-refractivity contribution in [3.8, 4) is 0 Å². The van der Waals surface area contributed by atoms with Crippen LogP contribution in [0.3, 0.4) is 0 Å². The highest BCUT2D eigenvalue weighted by Crippen LogP contribution is 1.93. The van der Waals surface area contributed by atoms with E-state index in [4.69, 9.17) is 5.73 Å². The van der Waals surface area contributed by atoms with Gasteiger partial charge in [-0.3, -0.25) is 4.79 Å². The van der Waals surface area contributed by atoms with E-state index in [0.29, 0.717) is 6.42 Å². The summed E-state index contributed by atoms with van der Waals surface area (Å²) in [7, 11) is 0. The minimum absolute atomic E-state index is 0.0724. The topological polar surface area (TPSA) is 57.2 Å². The number of unbranched alkanes of at least 4 members (excludes halogenated alkanes) is 1. The maximum absolute atomic E-state index is 10.8. The molecule has 2 N–H and O–H groups in total. The Labute approximate surface area is 62.0 Å². The normalized spacial score (nSPS) is 12.7. The third-order valence-electron chi connectivity index (χ3n) is 1.09. The van der Waals surface area contributed by atoms with Crippen LogP contribution in [-0.2, 0) is 4.79 Å². The SMILES string of the molecule is CCCCC(=O)[N]C(C)N. The third-order valence-corrected chi connectivity index (χ3v) is 1.09. The molecule has 0 fully saturated rings. The Kier molecular flexibility index (Phi) is 4.94. The molecular formula is C7H15N2O. The van der Waals surface area contributed by atoms with Gasteiger partial charge >= 0.3 is 0 Å². The average Bonchev–Trinajstić information content (AvgIpc) is 1.82. The van der Waals surface area contributed by atoms with Gasteiger partial charge in [0.05, 0.1) is 6.17 Å². The molecule has 3 nitrogen and oxygen atoms in total. The van der Waals surface area contributed by atoms with Crippen molar-refractivity contribution in [2.24, 2.45) is 5.73 Å². The van der Waals surface area contributed by atoms with E-state index in [1.807, 2.05) is 6.92 Å². The van der Waals surface area contributed by atoms with Gasteiger partial charge in [0.25, 0.3) is 0 Å². The predicted molar refractivity (Wildman–Crippen MR) is 40.3 cm³/mol. The van der Waals surface area contributed by atoms with E-state index in [9.17, 15) is 4.79 Å². The van der Waals surface area contributed by atoms with E-state index in [0.717, 1.165) is 12.8 Å². The fourth-order valence-corrected chi connectivity index (χ4v) is 0.620. The zero-order chi connectivity index (χ0) is 7.98. The number of hydrogen-bond donors (Lipinski definition) is 1. The number of nitrogens with zero attached hydrogens (tertiary/aromatic N) is 1. The number of hydrogen-bond acceptors (Lipinski definition) is 2. The first-order valence-corrected chi connectivity index (χ1v) is 3.66. The molecule has 0 bridgehead atoms. The van der Waals surface area contributed by atoms with Gasteiger partial charge in [0.15, 0.2) is 0 Å². The molecule has 10 heavy (non-hydrogen) atoms. The summed E-state index contributed by atoms with van der Waals surface area (Å²) < 4.78 is 0. The molecule has 1 amide bonds. The summed E-state index contributed by atoms with van der Waals surface area (Å²) in [5.74, 6) is -0.0724. The van der Waals surface area contributed by atoms with Crippen LogP contribution < -0.4 is 11.1 Å². The van der Waals surface area contributed by atoms with Crippen LogP contribution in [0.1, 0.15) is 33.1 Å². The number of amides is 1. The Morgan fingerprint density at radius 1 is 1.70 bits per heavy atom. The fraction of sp³-hybridized carbons (Fsp3) is 0.857. The molecule has 0 spiro atoms. The first kappa shape index (κ1) is 9.43. The molecule has 0 aromatic heterocycles. The third kappa shape index (κ3) is 5.56. The summed E-state index contributed by atoms with van der Waals surface area (Å²) in [6.45, 7) is 3.74. The summed E-state index contributed by atoms with van der Waals surface area (Å²) in [5, 5.41) is 3.65. The molecule has 0 heterocycles. The lowest BCUT2D eigenvalue weighted by atomic mass is 10.2. The fourth-order valence-electron chi connectivity index (χ4n) is 0.620. The van der Waals surface area contributed by atoms with Crippen molar-refractivity contribution in [1.82, 2.24) is 5.32 Å². The highest BCUT2D eigenvalue weighted by molar-refractivity contribution is 5.75. The average molecular weight is 143 g/mol. The van der Waals surface area contributed by atoms with Crippen molar-refractivity contribution in [3.63, 3.8) is 0 Å². The minimum atomic E-state index is -0.343. The molecule has 0 saturated heterocycles. The second-order valence-electron chi connectivity index (χ2n) is 2.37. The van der Waals surface area contributed by atoms with Gasteiger partial charge in [-0.25, -0.2) is 5.32 Å². The first-order valence-electron chi connectivity index (χ1n) is 3.66. The largest absolute Gasteiger partial charge is 0.310 e.